The van der Waals surface area contributed by atoms with Gasteiger partial charge < -0.3 is 14.4 Å². The summed E-state index contributed by atoms with van der Waals surface area (Å²) >= 11 is 0. The van der Waals surface area contributed by atoms with Crippen LogP contribution in [-0.2, 0) is 9.47 Å². The third-order valence-electron chi connectivity index (χ3n) is 3.59. The largest absolute Gasteiger partial charge is 0.444 e. The summed E-state index contributed by atoms with van der Waals surface area (Å²) in [6, 6.07) is 0. The third-order valence-corrected chi connectivity index (χ3v) is 3.59. The summed E-state index contributed by atoms with van der Waals surface area (Å²) in [5, 5.41) is 0. The van der Waals surface area contributed by atoms with Gasteiger partial charge in [-0.15, -0.1) is 0 Å². The molecule has 1 unspecified atom stereocenters. The van der Waals surface area contributed by atoms with Gasteiger partial charge in [-0.3, -0.25) is 0 Å². The van der Waals surface area contributed by atoms with Gasteiger partial charge in [-0.05, 0) is 11.8 Å². The summed E-state index contributed by atoms with van der Waals surface area (Å²) in [5.41, 5.74) is 1.63. The molecule has 2 rings (SSSR count). The molecular weight excluding hydrogens is 230 g/mol. The van der Waals surface area contributed by atoms with Crippen LogP contribution in [0.2, 0.25) is 0 Å². The fourth-order valence-electron chi connectivity index (χ4n) is 2.34. The lowest BCUT2D eigenvalue weighted by Crippen LogP contribution is -2.38. The van der Waals surface area contributed by atoms with Crippen LogP contribution in [0.15, 0.2) is 11.6 Å². The molecule has 0 N–H and O–H groups in total. The Morgan fingerprint density at radius 1 is 1.50 bits per heavy atom. The van der Waals surface area contributed by atoms with E-state index in [4.69, 9.17) is 9.47 Å². The monoisotopic (exact) mass is 253 g/mol. The van der Waals surface area contributed by atoms with Gasteiger partial charge in [-0.1, -0.05) is 32.4 Å². The van der Waals surface area contributed by atoms with Crippen molar-refractivity contribution >= 4 is 6.09 Å². The number of hydrogen-bond donors (Lipinski definition) is 0. The van der Waals surface area contributed by atoms with Crippen molar-refractivity contribution in [1.82, 2.24) is 4.90 Å². The lowest BCUT2D eigenvalue weighted by Gasteiger charge is -2.32. The molecule has 0 aromatic heterocycles. The summed E-state index contributed by atoms with van der Waals surface area (Å²) in [6.07, 6.45) is 3.68. The molecule has 1 fully saturated rings. The normalized spacial score (nSPS) is 24.9. The van der Waals surface area contributed by atoms with Crippen molar-refractivity contribution in [2.45, 2.75) is 39.7 Å². The van der Waals surface area contributed by atoms with E-state index in [1.807, 2.05) is 0 Å². The molecule has 4 nitrogen and oxygen atoms in total. The van der Waals surface area contributed by atoms with Gasteiger partial charge in [0, 0.05) is 19.5 Å². The number of carbonyl (C=O) groups is 1. The molecule has 0 aliphatic carbocycles. The van der Waals surface area contributed by atoms with E-state index in [9.17, 15) is 4.79 Å². The van der Waals surface area contributed by atoms with E-state index < -0.39 is 0 Å². The fraction of sp³-hybridized carbons (Fsp3) is 0.786. The van der Waals surface area contributed by atoms with Crippen molar-refractivity contribution in [2.24, 2.45) is 5.41 Å². The van der Waals surface area contributed by atoms with Gasteiger partial charge in [0.25, 0.3) is 0 Å². The quantitative estimate of drug-likeness (QED) is 0.674. The Morgan fingerprint density at radius 2 is 2.28 bits per heavy atom. The lowest BCUT2D eigenvalue weighted by atomic mass is 9.83. The van der Waals surface area contributed by atoms with Crippen LogP contribution in [0.1, 0.15) is 33.6 Å². The van der Waals surface area contributed by atoms with Crippen molar-refractivity contribution in [3.05, 3.63) is 11.6 Å². The SMILES string of the molecule is CC(C)(C)C1=CCN(C(=O)OC2CCOC2)CC1. The molecule has 18 heavy (non-hydrogen) atoms. The van der Waals surface area contributed by atoms with Crippen molar-refractivity contribution in [3.8, 4) is 0 Å². The van der Waals surface area contributed by atoms with Crippen LogP contribution in [0.4, 0.5) is 4.79 Å². The van der Waals surface area contributed by atoms with E-state index in [1.165, 1.54) is 5.57 Å². The maximum Gasteiger partial charge on any atom is 0.410 e. The lowest BCUT2D eigenvalue weighted by molar-refractivity contribution is 0.0559. The summed E-state index contributed by atoms with van der Waals surface area (Å²) in [4.78, 5) is 13.7. The summed E-state index contributed by atoms with van der Waals surface area (Å²) in [6.45, 7) is 9.30. The van der Waals surface area contributed by atoms with Crippen LogP contribution in [0, 0.1) is 5.41 Å². The second-order valence-electron chi connectivity index (χ2n) is 6.04. The smallest absolute Gasteiger partial charge is 0.410 e. The molecule has 0 bridgehead atoms. The van der Waals surface area contributed by atoms with E-state index in [0.29, 0.717) is 19.8 Å². The van der Waals surface area contributed by atoms with Crippen LogP contribution in [0.5, 0.6) is 0 Å². The molecule has 2 aliphatic rings. The molecule has 2 heterocycles. The molecule has 0 aromatic rings. The van der Waals surface area contributed by atoms with E-state index in [0.717, 1.165) is 19.4 Å². The highest BCUT2D eigenvalue weighted by atomic mass is 16.6. The minimum absolute atomic E-state index is 0.0505. The molecule has 1 saturated heterocycles. The van der Waals surface area contributed by atoms with E-state index in [2.05, 4.69) is 26.8 Å². The van der Waals surface area contributed by atoms with Crippen LogP contribution in [-0.4, -0.2) is 43.4 Å². The molecular formula is C14H23NO3. The van der Waals surface area contributed by atoms with Gasteiger partial charge in [0.15, 0.2) is 0 Å². The molecule has 0 aromatic carbocycles. The molecule has 0 saturated carbocycles. The second kappa shape index (κ2) is 5.31. The first kappa shape index (κ1) is 13.4. The number of rotatable bonds is 1. The minimum atomic E-state index is -0.199. The Bertz CT molecular complexity index is 337. The summed E-state index contributed by atoms with van der Waals surface area (Å²) in [5.74, 6) is 0. The average molecular weight is 253 g/mol. The van der Waals surface area contributed by atoms with E-state index in [-0.39, 0.29) is 17.6 Å². The van der Waals surface area contributed by atoms with Crippen LogP contribution in [0.3, 0.4) is 0 Å². The highest BCUT2D eigenvalue weighted by Crippen LogP contribution is 2.30. The zero-order valence-electron chi connectivity index (χ0n) is 11.6. The number of hydrogen-bond acceptors (Lipinski definition) is 3. The van der Waals surface area contributed by atoms with Gasteiger partial charge >= 0.3 is 6.09 Å². The standard InChI is InChI=1S/C14H23NO3/c1-14(2,3)11-4-7-15(8-5-11)13(16)18-12-6-9-17-10-12/h4,12H,5-10H2,1-3H3. The second-order valence-corrected chi connectivity index (χ2v) is 6.04. The molecule has 0 radical (unpaired) electrons. The van der Waals surface area contributed by atoms with E-state index in [1.54, 1.807) is 4.90 Å². The van der Waals surface area contributed by atoms with Gasteiger partial charge in [-0.2, -0.15) is 0 Å². The highest BCUT2D eigenvalue weighted by molar-refractivity contribution is 5.68. The van der Waals surface area contributed by atoms with Crippen LogP contribution >= 0.6 is 0 Å². The molecule has 1 amide bonds. The minimum Gasteiger partial charge on any atom is -0.444 e. The number of nitrogens with zero attached hydrogens (tertiary/aromatic N) is 1. The van der Waals surface area contributed by atoms with Crippen molar-refractivity contribution in [2.75, 3.05) is 26.3 Å². The van der Waals surface area contributed by atoms with Gasteiger partial charge in [0.05, 0.1) is 13.2 Å². The number of amides is 1. The van der Waals surface area contributed by atoms with Gasteiger partial charge in [-0.25, -0.2) is 4.79 Å². The molecule has 0 spiro atoms. The molecule has 1 atom stereocenters. The van der Waals surface area contributed by atoms with Gasteiger partial charge in [0.2, 0.25) is 0 Å². The van der Waals surface area contributed by atoms with E-state index >= 15 is 0 Å². The summed E-state index contributed by atoms with van der Waals surface area (Å²) < 4.78 is 10.6. The Morgan fingerprint density at radius 3 is 2.78 bits per heavy atom. The predicted molar refractivity (Wildman–Crippen MR) is 69.4 cm³/mol. The Hall–Kier alpha value is -1.03. The predicted octanol–water partition coefficient (Wildman–Crippen LogP) is 2.59. The number of ether oxygens (including phenoxy) is 2. The zero-order valence-corrected chi connectivity index (χ0v) is 11.6. The summed E-state index contributed by atoms with van der Waals surface area (Å²) in [7, 11) is 0. The number of carbonyl (C=O) groups excluding carboxylic acids is 1. The molecule has 4 heteroatoms. The molecule has 2 aliphatic heterocycles. The van der Waals surface area contributed by atoms with Crippen molar-refractivity contribution in [1.29, 1.82) is 0 Å². The first-order valence-corrected chi connectivity index (χ1v) is 6.69. The van der Waals surface area contributed by atoms with Crippen LogP contribution in [0.25, 0.3) is 0 Å². The molecule has 102 valence electrons. The first-order valence-electron chi connectivity index (χ1n) is 6.69. The van der Waals surface area contributed by atoms with Gasteiger partial charge in [0.1, 0.15) is 6.10 Å². The van der Waals surface area contributed by atoms with Crippen molar-refractivity contribution in [3.63, 3.8) is 0 Å². The van der Waals surface area contributed by atoms with Crippen molar-refractivity contribution < 1.29 is 14.3 Å². The maximum atomic E-state index is 11.9. The Labute approximate surface area is 109 Å². The topological polar surface area (TPSA) is 38.8 Å². The maximum absolute atomic E-state index is 11.9. The Balaban J connectivity index is 1.85. The Kier molecular flexibility index (Phi) is 3.95. The average Bonchev–Trinajstić information content (AvgIpc) is 2.81. The zero-order chi connectivity index (χ0) is 13.2. The highest BCUT2D eigenvalue weighted by Gasteiger charge is 2.27. The third kappa shape index (κ3) is 3.25. The first-order chi connectivity index (χ1) is 8.47. The fourth-order valence-corrected chi connectivity index (χ4v) is 2.34. The van der Waals surface area contributed by atoms with Crippen LogP contribution < -0.4 is 0 Å².